The van der Waals surface area contributed by atoms with Crippen LogP contribution in [0.4, 0.5) is 0 Å². The van der Waals surface area contributed by atoms with Gasteiger partial charge in [-0.2, -0.15) is 0 Å². The van der Waals surface area contributed by atoms with Crippen LogP contribution >= 0.6 is 11.6 Å². The third-order valence-electron chi connectivity index (χ3n) is 4.80. The van der Waals surface area contributed by atoms with Crippen LogP contribution in [0.3, 0.4) is 0 Å². The third kappa shape index (κ3) is 3.20. The fourth-order valence-corrected chi connectivity index (χ4v) is 3.69. The largest absolute Gasteiger partial charge is 0.361 e. The Morgan fingerprint density at radius 1 is 1.12 bits per heavy atom. The highest BCUT2D eigenvalue weighted by molar-refractivity contribution is 6.31. The van der Waals surface area contributed by atoms with Gasteiger partial charge in [-0.05, 0) is 48.7 Å². The van der Waals surface area contributed by atoms with Crippen molar-refractivity contribution in [1.82, 2.24) is 15.3 Å². The molecular weight excluding hydrogens is 346 g/mol. The lowest BCUT2D eigenvalue weighted by Gasteiger charge is -2.06. The molecule has 2 aromatic carbocycles. The van der Waals surface area contributed by atoms with Gasteiger partial charge >= 0.3 is 0 Å². The van der Waals surface area contributed by atoms with Gasteiger partial charge in [-0.1, -0.05) is 29.8 Å². The summed E-state index contributed by atoms with van der Waals surface area (Å²) in [5.74, 6) is 0.0327. The van der Waals surface area contributed by atoms with E-state index in [-0.39, 0.29) is 5.91 Å². The molecule has 0 aliphatic carbocycles. The molecule has 0 saturated heterocycles. The van der Waals surface area contributed by atoms with Crippen molar-refractivity contribution in [2.24, 2.45) is 0 Å². The molecule has 0 unspecified atom stereocenters. The second-order valence-corrected chi connectivity index (χ2v) is 6.99. The number of H-pyrrole nitrogens is 2. The summed E-state index contributed by atoms with van der Waals surface area (Å²) in [7, 11) is 0. The second kappa shape index (κ2) is 6.89. The van der Waals surface area contributed by atoms with Crippen molar-refractivity contribution in [3.8, 4) is 0 Å². The molecule has 2 aromatic heterocycles. The third-order valence-corrected chi connectivity index (χ3v) is 5.04. The number of fused-ring (bicyclic) bond motifs is 2. The number of rotatable bonds is 5. The number of para-hydroxylation sites is 1. The van der Waals surface area contributed by atoms with Crippen LogP contribution in [0.15, 0.2) is 48.7 Å². The summed E-state index contributed by atoms with van der Waals surface area (Å²) < 4.78 is 0. The van der Waals surface area contributed by atoms with Crippen LogP contribution in [-0.4, -0.2) is 22.4 Å². The molecule has 0 radical (unpaired) electrons. The maximum atomic E-state index is 12.3. The zero-order valence-electron chi connectivity index (χ0n) is 14.5. The molecule has 132 valence electrons. The summed E-state index contributed by atoms with van der Waals surface area (Å²) in [5.41, 5.74) is 5.48. The van der Waals surface area contributed by atoms with Gasteiger partial charge in [0, 0.05) is 45.3 Å². The molecule has 0 aliphatic heterocycles. The van der Waals surface area contributed by atoms with Gasteiger partial charge < -0.3 is 15.3 Å². The summed E-state index contributed by atoms with van der Waals surface area (Å²) >= 11 is 6.13. The van der Waals surface area contributed by atoms with Crippen molar-refractivity contribution in [3.63, 3.8) is 0 Å². The molecule has 4 aromatic rings. The monoisotopic (exact) mass is 365 g/mol. The van der Waals surface area contributed by atoms with Gasteiger partial charge in [0.25, 0.3) is 0 Å². The number of carbonyl (C=O) groups is 1. The van der Waals surface area contributed by atoms with Gasteiger partial charge in [0.15, 0.2) is 0 Å². The van der Waals surface area contributed by atoms with Gasteiger partial charge in [0.1, 0.15) is 0 Å². The van der Waals surface area contributed by atoms with Crippen LogP contribution in [0.25, 0.3) is 21.8 Å². The second-order valence-electron chi connectivity index (χ2n) is 6.55. The van der Waals surface area contributed by atoms with E-state index in [2.05, 4.69) is 22.2 Å². The Kier molecular flexibility index (Phi) is 4.43. The topological polar surface area (TPSA) is 60.7 Å². The summed E-state index contributed by atoms with van der Waals surface area (Å²) in [6.07, 6.45) is 3.06. The Bertz CT molecular complexity index is 1090. The number of carbonyl (C=O) groups excluding carboxylic acids is 1. The number of aryl methyl sites for hydroxylation is 1. The summed E-state index contributed by atoms with van der Waals surface area (Å²) in [4.78, 5) is 18.9. The van der Waals surface area contributed by atoms with Crippen LogP contribution in [0, 0.1) is 6.92 Å². The van der Waals surface area contributed by atoms with E-state index in [9.17, 15) is 4.79 Å². The molecule has 4 nitrogen and oxygen atoms in total. The van der Waals surface area contributed by atoms with Crippen LogP contribution < -0.4 is 5.32 Å². The van der Waals surface area contributed by atoms with E-state index in [1.54, 1.807) is 0 Å². The van der Waals surface area contributed by atoms with Crippen molar-refractivity contribution in [2.75, 3.05) is 6.54 Å². The van der Waals surface area contributed by atoms with E-state index in [1.165, 1.54) is 5.56 Å². The molecule has 4 rings (SSSR count). The minimum absolute atomic E-state index is 0.0327. The predicted molar refractivity (Wildman–Crippen MR) is 107 cm³/mol. The maximum absolute atomic E-state index is 12.3. The molecule has 5 heteroatoms. The normalized spacial score (nSPS) is 11.3. The maximum Gasteiger partial charge on any atom is 0.224 e. The van der Waals surface area contributed by atoms with Crippen LogP contribution in [0.5, 0.6) is 0 Å². The number of aromatic nitrogens is 2. The zero-order chi connectivity index (χ0) is 18.1. The van der Waals surface area contributed by atoms with Crippen molar-refractivity contribution >= 4 is 39.3 Å². The first-order valence-electron chi connectivity index (χ1n) is 8.70. The first kappa shape index (κ1) is 16.7. The molecule has 0 atom stereocenters. The summed E-state index contributed by atoms with van der Waals surface area (Å²) in [5, 5.41) is 5.98. The minimum atomic E-state index is 0.0327. The SMILES string of the molecule is Cc1[nH]c2ccc(Cl)cc2c1CCNC(=O)Cc1c[nH]c2ccccc12. The number of nitrogens with one attached hydrogen (secondary N) is 3. The Hall–Kier alpha value is -2.72. The Balaban J connectivity index is 1.41. The number of aromatic amines is 2. The molecule has 0 fully saturated rings. The average Bonchev–Trinajstić information content (AvgIpc) is 3.16. The van der Waals surface area contributed by atoms with Crippen LogP contribution in [-0.2, 0) is 17.6 Å². The van der Waals surface area contributed by atoms with E-state index in [4.69, 9.17) is 11.6 Å². The van der Waals surface area contributed by atoms with Crippen molar-refractivity contribution in [3.05, 3.63) is 70.5 Å². The van der Waals surface area contributed by atoms with Crippen LogP contribution in [0.1, 0.15) is 16.8 Å². The van der Waals surface area contributed by atoms with E-state index in [0.29, 0.717) is 13.0 Å². The number of amides is 1. The average molecular weight is 366 g/mol. The predicted octanol–water partition coefficient (Wildman–Crippen LogP) is 4.51. The van der Waals surface area contributed by atoms with E-state index in [1.807, 2.05) is 48.7 Å². The molecule has 2 heterocycles. The van der Waals surface area contributed by atoms with Gasteiger partial charge in [-0.15, -0.1) is 0 Å². The highest BCUT2D eigenvalue weighted by atomic mass is 35.5. The molecule has 26 heavy (non-hydrogen) atoms. The lowest BCUT2D eigenvalue weighted by atomic mass is 10.1. The van der Waals surface area contributed by atoms with Gasteiger partial charge in [0.05, 0.1) is 6.42 Å². The molecule has 0 saturated carbocycles. The van der Waals surface area contributed by atoms with Gasteiger partial charge in [0.2, 0.25) is 5.91 Å². The Labute approximate surface area is 156 Å². The molecule has 3 N–H and O–H groups in total. The molecular formula is C21H20ClN3O. The Morgan fingerprint density at radius 2 is 1.96 bits per heavy atom. The molecule has 0 bridgehead atoms. The van der Waals surface area contributed by atoms with E-state index in [0.717, 1.165) is 44.5 Å². The number of halogens is 1. The highest BCUT2D eigenvalue weighted by Gasteiger charge is 2.11. The molecule has 1 amide bonds. The molecule has 0 aliphatic rings. The van der Waals surface area contributed by atoms with E-state index >= 15 is 0 Å². The van der Waals surface area contributed by atoms with Crippen molar-refractivity contribution in [2.45, 2.75) is 19.8 Å². The zero-order valence-corrected chi connectivity index (χ0v) is 15.3. The fraction of sp³-hybridized carbons (Fsp3) is 0.190. The van der Waals surface area contributed by atoms with E-state index < -0.39 is 0 Å². The Morgan fingerprint density at radius 3 is 2.85 bits per heavy atom. The fourth-order valence-electron chi connectivity index (χ4n) is 3.52. The summed E-state index contributed by atoms with van der Waals surface area (Å²) in [6, 6.07) is 13.9. The quantitative estimate of drug-likeness (QED) is 0.478. The number of benzene rings is 2. The standard InChI is InChI=1S/C21H20ClN3O/c1-13-16(18-11-15(22)6-7-20(18)25-13)8-9-23-21(26)10-14-12-24-19-5-3-2-4-17(14)19/h2-7,11-12,24-25H,8-10H2,1H3,(H,23,26). The first-order chi connectivity index (χ1) is 12.6. The lowest BCUT2D eigenvalue weighted by molar-refractivity contribution is -0.120. The minimum Gasteiger partial charge on any atom is -0.361 e. The number of hydrogen-bond donors (Lipinski definition) is 3. The first-order valence-corrected chi connectivity index (χ1v) is 9.08. The molecule has 0 spiro atoms. The van der Waals surface area contributed by atoms with Gasteiger partial charge in [-0.3, -0.25) is 4.79 Å². The summed E-state index contributed by atoms with van der Waals surface area (Å²) in [6.45, 7) is 2.65. The number of hydrogen-bond acceptors (Lipinski definition) is 1. The van der Waals surface area contributed by atoms with Gasteiger partial charge in [-0.25, -0.2) is 0 Å². The van der Waals surface area contributed by atoms with Crippen molar-refractivity contribution in [1.29, 1.82) is 0 Å². The smallest absolute Gasteiger partial charge is 0.224 e. The van der Waals surface area contributed by atoms with Crippen molar-refractivity contribution < 1.29 is 4.79 Å². The van der Waals surface area contributed by atoms with Crippen LogP contribution in [0.2, 0.25) is 5.02 Å². The highest BCUT2D eigenvalue weighted by Crippen LogP contribution is 2.25. The lowest BCUT2D eigenvalue weighted by Crippen LogP contribution is -2.27.